The van der Waals surface area contributed by atoms with Crippen LogP contribution in [-0.2, 0) is 9.53 Å². The SMILES string of the molecule is CCOc1ccc(C(=O)OCC(=O)NC[C@@H](C)c2ccccc2)cc1OC. The molecule has 1 amide bonds. The van der Waals surface area contributed by atoms with E-state index in [1.165, 1.54) is 13.2 Å². The summed E-state index contributed by atoms with van der Waals surface area (Å²) in [5.74, 6) is 0.212. The maximum atomic E-state index is 12.1. The molecule has 0 saturated carbocycles. The summed E-state index contributed by atoms with van der Waals surface area (Å²) in [6.45, 7) is 4.50. The number of carbonyl (C=O) groups excluding carboxylic acids is 2. The second-order valence-corrected chi connectivity index (χ2v) is 5.99. The third-order valence-corrected chi connectivity index (χ3v) is 4.01. The molecule has 1 atom stereocenters. The molecule has 6 heteroatoms. The average molecular weight is 371 g/mol. The maximum Gasteiger partial charge on any atom is 0.338 e. The van der Waals surface area contributed by atoms with Crippen molar-refractivity contribution in [1.29, 1.82) is 0 Å². The number of esters is 1. The number of amides is 1. The van der Waals surface area contributed by atoms with Crippen molar-refractivity contribution in [3.05, 3.63) is 59.7 Å². The van der Waals surface area contributed by atoms with E-state index in [1.54, 1.807) is 12.1 Å². The molecule has 0 fully saturated rings. The van der Waals surface area contributed by atoms with E-state index in [4.69, 9.17) is 14.2 Å². The van der Waals surface area contributed by atoms with E-state index in [-0.39, 0.29) is 18.4 Å². The molecule has 0 aliphatic carbocycles. The molecule has 2 aromatic carbocycles. The average Bonchev–Trinajstić information content (AvgIpc) is 2.71. The van der Waals surface area contributed by atoms with E-state index in [0.29, 0.717) is 30.2 Å². The van der Waals surface area contributed by atoms with Crippen LogP contribution < -0.4 is 14.8 Å². The van der Waals surface area contributed by atoms with Gasteiger partial charge in [0.1, 0.15) is 0 Å². The van der Waals surface area contributed by atoms with Gasteiger partial charge in [0.05, 0.1) is 19.3 Å². The van der Waals surface area contributed by atoms with Crippen LogP contribution >= 0.6 is 0 Å². The second kappa shape index (κ2) is 10.2. The van der Waals surface area contributed by atoms with Gasteiger partial charge in [-0.2, -0.15) is 0 Å². The van der Waals surface area contributed by atoms with E-state index in [1.807, 2.05) is 44.2 Å². The first kappa shape index (κ1) is 20.3. The monoisotopic (exact) mass is 371 g/mol. The minimum Gasteiger partial charge on any atom is -0.493 e. The summed E-state index contributed by atoms with van der Waals surface area (Å²) in [6.07, 6.45) is 0. The first-order chi connectivity index (χ1) is 13.0. The fourth-order valence-electron chi connectivity index (χ4n) is 2.50. The zero-order valence-electron chi connectivity index (χ0n) is 15.9. The molecule has 6 nitrogen and oxygen atoms in total. The molecule has 144 valence electrons. The van der Waals surface area contributed by atoms with E-state index in [2.05, 4.69) is 5.32 Å². The molecular weight excluding hydrogens is 346 g/mol. The van der Waals surface area contributed by atoms with Crippen molar-refractivity contribution in [3.63, 3.8) is 0 Å². The van der Waals surface area contributed by atoms with E-state index in [0.717, 1.165) is 5.56 Å². The van der Waals surface area contributed by atoms with E-state index >= 15 is 0 Å². The number of methoxy groups -OCH3 is 1. The summed E-state index contributed by atoms with van der Waals surface area (Å²) >= 11 is 0. The molecule has 0 aliphatic heterocycles. The normalized spacial score (nSPS) is 11.4. The Bertz CT molecular complexity index is 760. The fraction of sp³-hybridized carbons (Fsp3) is 0.333. The molecule has 2 rings (SSSR count). The maximum absolute atomic E-state index is 12.1. The number of nitrogens with one attached hydrogen (secondary N) is 1. The third-order valence-electron chi connectivity index (χ3n) is 4.01. The molecule has 0 bridgehead atoms. The zero-order chi connectivity index (χ0) is 19.6. The Morgan fingerprint density at radius 1 is 1.07 bits per heavy atom. The van der Waals surface area contributed by atoms with Gasteiger partial charge in [0.25, 0.3) is 5.91 Å². The molecule has 0 unspecified atom stereocenters. The summed E-state index contributed by atoms with van der Waals surface area (Å²) in [5.41, 5.74) is 1.43. The molecule has 0 saturated heterocycles. The van der Waals surface area contributed by atoms with Gasteiger partial charge in [-0.25, -0.2) is 4.79 Å². The molecule has 0 aliphatic rings. The number of hydrogen-bond acceptors (Lipinski definition) is 5. The molecule has 1 N–H and O–H groups in total. The highest BCUT2D eigenvalue weighted by Crippen LogP contribution is 2.28. The predicted molar refractivity (Wildman–Crippen MR) is 102 cm³/mol. The first-order valence-electron chi connectivity index (χ1n) is 8.84. The van der Waals surface area contributed by atoms with Gasteiger partial charge < -0.3 is 19.5 Å². The Labute approximate surface area is 159 Å². The molecule has 0 radical (unpaired) electrons. The summed E-state index contributed by atoms with van der Waals surface area (Å²) in [7, 11) is 1.49. The van der Waals surface area contributed by atoms with Gasteiger partial charge in [0, 0.05) is 6.54 Å². The van der Waals surface area contributed by atoms with E-state index < -0.39 is 5.97 Å². The Kier molecular flexibility index (Phi) is 7.67. The Morgan fingerprint density at radius 3 is 2.48 bits per heavy atom. The van der Waals surface area contributed by atoms with Crippen molar-refractivity contribution < 1.29 is 23.8 Å². The van der Waals surface area contributed by atoms with Gasteiger partial charge in [-0.1, -0.05) is 37.3 Å². The van der Waals surface area contributed by atoms with Gasteiger partial charge in [-0.3, -0.25) is 4.79 Å². The molecule has 27 heavy (non-hydrogen) atoms. The number of hydrogen-bond donors (Lipinski definition) is 1. The van der Waals surface area contributed by atoms with Crippen LogP contribution in [0, 0.1) is 0 Å². The molecule has 0 spiro atoms. The highest BCUT2D eigenvalue weighted by molar-refractivity contribution is 5.92. The van der Waals surface area contributed by atoms with Crippen molar-refractivity contribution in [1.82, 2.24) is 5.32 Å². The van der Waals surface area contributed by atoms with Gasteiger partial charge in [-0.05, 0) is 36.6 Å². The van der Waals surface area contributed by atoms with Crippen LogP contribution in [0.1, 0.15) is 35.7 Å². The highest BCUT2D eigenvalue weighted by Gasteiger charge is 2.14. The lowest BCUT2D eigenvalue weighted by atomic mass is 10.0. The summed E-state index contributed by atoms with van der Waals surface area (Å²) in [6, 6.07) is 14.6. The smallest absolute Gasteiger partial charge is 0.338 e. The number of rotatable bonds is 9. The van der Waals surface area contributed by atoms with Crippen LogP contribution in [0.4, 0.5) is 0 Å². The second-order valence-electron chi connectivity index (χ2n) is 5.99. The quantitative estimate of drug-likeness (QED) is 0.686. The first-order valence-corrected chi connectivity index (χ1v) is 8.84. The minimum absolute atomic E-state index is 0.168. The molecular formula is C21H25NO5. The molecule has 0 heterocycles. The van der Waals surface area contributed by atoms with Crippen LogP contribution in [0.3, 0.4) is 0 Å². The Morgan fingerprint density at radius 2 is 1.81 bits per heavy atom. The van der Waals surface area contributed by atoms with Crippen molar-refractivity contribution in [3.8, 4) is 11.5 Å². The topological polar surface area (TPSA) is 73.9 Å². The standard InChI is InChI=1S/C21H25NO5/c1-4-26-18-11-10-17(12-19(18)25-3)21(24)27-14-20(23)22-13-15(2)16-8-6-5-7-9-16/h5-12,15H,4,13-14H2,1-3H3,(H,22,23)/t15-/m1/s1. The van der Waals surface area contributed by atoms with Crippen LogP contribution in [-0.4, -0.2) is 38.7 Å². The van der Waals surface area contributed by atoms with Crippen LogP contribution in [0.5, 0.6) is 11.5 Å². The summed E-state index contributed by atoms with van der Waals surface area (Å²) < 4.78 is 15.7. The lowest BCUT2D eigenvalue weighted by Crippen LogP contribution is -2.31. The number of ether oxygens (including phenoxy) is 3. The molecule has 0 aromatic heterocycles. The van der Waals surface area contributed by atoms with Gasteiger partial charge in [-0.15, -0.1) is 0 Å². The van der Waals surface area contributed by atoms with Crippen molar-refractivity contribution in [2.45, 2.75) is 19.8 Å². The van der Waals surface area contributed by atoms with Gasteiger partial charge in [0.15, 0.2) is 18.1 Å². The highest BCUT2D eigenvalue weighted by atomic mass is 16.5. The Balaban J connectivity index is 1.83. The summed E-state index contributed by atoms with van der Waals surface area (Å²) in [4.78, 5) is 24.1. The van der Waals surface area contributed by atoms with Crippen LogP contribution in [0.15, 0.2) is 48.5 Å². The van der Waals surface area contributed by atoms with E-state index in [9.17, 15) is 9.59 Å². The largest absolute Gasteiger partial charge is 0.493 e. The third kappa shape index (κ3) is 6.02. The van der Waals surface area contributed by atoms with Gasteiger partial charge in [0.2, 0.25) is 0 Å². The van der Waals surface area contributed by atoms with Crippen molar-refractivity contribution in [2.75, 3.05) is 26.9 Å². The van der Waals surface area contributed by atoms with Crippen molar-refractivity contribution >= 4 is 11.9 Å². The lowest BCUT2D eigenvalue weighted by molar-refractivity contribution is -0.124. The zero-order valence-corrected chi connectivity index (χ0v) is 15.9. The van der Waals surface area contributed by atoms with Crippen LogP contribution in [0.2, 0.25) is 0 Å². The summed E-state index contributed by atoms with van der Waals surface area (Å²) in [5, 5.41) is 2.78. The molecule has 2 aromatic rings. The number of benzene rings is 2. The Hall–Kier alpha value is -3.02. The van der Waals surface area contributed by atoms with Crippen LogP contribution in [0.25, 0.3) is 0 Å². The fourth-order valence-corrected chi connectivity index (χ4v) is 2.50. The predicted octanol–water partition coefficient (Wildman–Crippen LogP) is 3.17. The van der Waals surface area contributed by atoms with Gasteiger partial charge >= 0.3 is 5.97 Å². The lowest BCUT2D eigenvalue weighted by Gasteiger charge is -2.13. The minimum atomic E-state index is -0.595. The van der Waals surface area contributed by atoms with Crippen molar-refractivity contribution in [2.24, 2.45) is 0 Å². The number of carbonyl (C=O) groups is 2.